The predicted molar refractivity (Wildman–Crippen MR) is 98.8 cm³/mol. The number of rotatable bonds is 5. The fraction of sp³-hybridized carbons (Fsp3) is 0.316. The van der Waals surface area contributed by atoms with Gasteiger partial charge in [-0.05, 0) is 25.0 Å². The second kappa shape index (κ2) is 7.86. The van der Waals surface area contributed by atoms with Crippen LogP contribution in [0.15, 0.2) is 48.5 Å². The average molecular weight is 354 g/mol. The molecule has 0 radical (unpaired) electrons. The van der Waals surface area contributed by atoms with Crippen molar-refractivity contribution in [1.82, 2.24) is 9.88 Å². The molecule has 0 spiro atoms. The summed E-state index contributed by atoms with van der Waals surface area (Å²) in [6, 6.07) is 15.7. The van der Waals surface area contributed by atoms with Crippen molar-refractivity contribution in [1.29, 1.82) is 0 Å². The number of benzene rings is 1. The van der Waals surface area contributed by atoms with E-state index in [-0.39, 0.29) is 12.6 Å². The number of pyridine rings is 1. The number of primary amides is 1. The molecule has 0 saturated carbocycles. The van der Waals surface area contributed by atoms with E-state index in [1.165, 1.54) is 0 Å². The first-order valence-corrected chi connectivity index (χ1v) is 8.60. The first-order chi connectivity index (χ1) is 12.5. The molecule has 136 valence electrons. The maximum absolute atomic E-state index is 11.4. The van der Waals surface area contributed by atoms with Crippen molar-refractivity contribution in [2.24, 2.45) is 5.73 Å². The first kappa shape index (κ1) is 17.7. The summed E-state index contributed by atoms with van der Waals surface area (Å²) in [5.41, 5.74) is 7.13. The largest absolute Gasteiger partial charge is 0.465 e. The van der Waals surface area contributed by atoms with Gasteiger partial charge in [0.15, 0.2) is 0 Å². The minimum Gasteiger partial charge on any atom is -0.465 e. The van der Waals surface area contributed by atoms with Gasteiger partial charge in [0.05, 0.1) is 5.69 Å². The van der Waals surface area contributed by atoms with Crippen LogP contribution in [-0.2, 0) is 4.79 Å². The number of amides is 2. The van der Waals surface area contributed by atoms with Crippen molar-refractivity contribution >= 4 is 17.8 Å². The third-order valence-corrected chi connectivity index (χ3v) is 4.61. The molecule has 3 rings (SSSR count). The summed E-state index contributed by atoms with van der Waals surface area (Å²) in [5.74, 6) is 0.244. The molecule has 1 aliphatic rings. The molecule has 0 bridgehead atoms. The van der Waals surface area contributed by atoms with Crippen molar-refractivity contribution in [2.75, 3.05) is 24.5 Å². The minimum absolute atomic E-state index is 0.200. The zero-order chi connectivity index (χ0) is 18.5. The van der Waals surface area contributed by atoms with E-state index in [2.05, 4.69) is 4.90 Å². The van der Waals surface area contributed by atoms with Gasteiger partial charge < -0.3 is 15.7 Å². The lowest BCUT2D eigenvalue weighted by atomic mass is 10.0. The molecule has 1 fully saturated rings. The van der Waals surface area contributed by atoms with Gasteiger partial charge in [-0.25, -0.2) is 9.78 Å². The van der Waals surface area contributed by atoms with Crippen LogP contribution >= 0.6 is 0 Å². The Morgan fingerprint density at radius 1 is 1.12 bits per heavy atom. The van der Waals surface area contributed by atoms with Crippen LogP contribution < -0.4 is 10.6 Å². The molecule has 0 aliphatic carbocycles. The number of piperidine rings is 1. The minimum atomic E-state index is -1.11. The van der Waals surface area contributed by atoms with Gasteiger partial charge >= 0.3 is 6.09 Å². The van der Waals surface area contributed by atoms with Crippen LogP contribution in [0.4, 0.5) is 10.6 Å². The van der Waals surface area contributed by atoms with E-state index in [4.69, 9.17) is 10.7 Å². The highest BCUT2D eigenvalue weighted by Crippen LogP contribution is 2.24. The number of nitrogens with zero attached hydrogens (tertiary/aromatic N) is 3. The molecule has 0 atom stereocenters. The summed E-state index contributed by atoms with van der Waals surface area (Å²) < 4.78 is 0. The van der Waals surface area contributed by atoms with Gasteiger partial charge in [0, 0.05) is 24.7 Å². The summed E-state index contributed by atoms with van der Waals surface area (Å²) >= 11 is 0. The maximum atomic E-state index is 11.4. The topological polar surface area (TPSA) is 99.8 Å². The van der Waals surface area contributed by atoms with Crippen LogP contribution in [-0.4, -0.2) is 52.7 Å². The normalized spacial score (nSPS) is 14.8. The molecule has 2 heterocycles. The fourth-order valence-corrected chi connectivity index (χ4v) is 3.30. The molecule has 1 aliphatic heterocycles. The maximum Gasteiger partial charge on any atom is 0.408 e. The first-order valence-electron chi connectivity index (χ1n) is 8.60. The SMILES string of the molecule is NC(=O)CN(C(=O)O)C1CCN(c2cccc(-c3ccccc3)n2)CC1. The summed E-state index contributed by atoms with van der Waals surface area (Å²) in [7, 11) is 0. The Labute approximate surface area is 152 Å². The third kappa shape index (κ3) is 4.11. The molecule has 1 saturated heterocycles. The number of aromatic nitrogens is 1. The van der Waals surface area contributed by atoms with Gasteiger partial charge in [-0.1, -0.05) is 36.4 Å². The van der Waals surface area contributed by atoms with Crippen LogP contribution in [0.3, 0.4) is 0 Å². The van der Waals surface area contributed by atoms with Gasteiger partial charge in [0.2, 0.25) is 5.91 Å². The Hall–Kier alpha value is -3.09. The Morgan fingerprint density at radius 2 is 1.81 bits per heavy atom. The molecule has 26 heavy (non-hydrogen) atoms. The number of anilines is 1. The van der Waals surface area contributed by atoms with Crippen molar-refractivity contribution in [2.45, 2.75) is 18.9 Å². The number of hydrogen-bond acceptors (Lipinski definition) is 4. The van der Waals surface area contributed by atoms with Crippen LogP contribution in [0.25, 0.3) is 11.3 Å². The van der Waals surface area contributed by atoms with E-state index < -0.39 is 12.0 Å². The van der Waals surface area contributed by atoms with Gasteiger partial charge in [0.25, 0.3) is 0 Å². The van der Waals surface area contributed by atoms with E-state index in [1.807, 2.05) is 48.5 Å². The molecule has 2 amide bonds. The Bertz CT molecular complexity index is 773. The van der Waals surface area contributed by atoms with Gasteiger partial charge in [-0.3, -0.25) is 9.69 Å². The molecule has 1 aromatic heterocycles. The lowest BCUT2D eigenvalue weighted by molar-refractivity contribution is -0.119. The highest BCUT2D eigenvalue weighted by molar-refractivity contribution is 5.80. The lowest BCUT2D eigenvalue weighted by Crippen LogP contribution is -2.49. The van der Waals surface area contributed by atoms with Gasteiger partial charge in [0.1, 0.15) is 12.4 Å². The zero-order valence-corrected chi connectivity index (χ0v) is 14.4. The fourth-order valence-electron chi connectivity index (χ4n) is 3.30. The van der Waals surface area contributed by atoms with E-state index in [0.717, 1.165) is 22.0 Å². The van der Waals surface area contributed by atoms with Gasteiger partial charge in [-0.2, -0.15) is 0 Å². The van der Waals surface area contributed by atoms with Crippen LogP contribution in [0, 0.1) is 0 Å². The Kier molecular flexibility index (Phi) is 5.36. The molecule has 2 aromatic rings. The predicted octanol–water partition coefficient (Wildman–Crippen LogP) is 2.18. The molecule has 0 unspecified atom stereocenters. The van der Waals surface area contributed by atoms with E-state index in [9.17, 15) is 14.7 Å². The molecule has 7 nitrogen and oxygen atoms in total. The zero-order valence-electron chi connectivity index (χ0n) is 14.4. The van der Waals surface area contributed by atoms with E-state index in [1.54, 1.807) is 0 Å². The number of carbonyl (C=O) groups excluding carboxylic acids is 1. The van der Waals surface area contributed by atoms with Crippen molar-refractivity contribution in [3.05, 3.63) is 48.5 Å². The number of carbonyl (C=O) groups is 2. The second-order valence-electron chi connectivity index (χ2n) is 6.34. The van der Waals surface area contributed by atoms with E-state index >= 15 is 0 Å². The van der Waals surface area contributed by atoms with Crippen LogP contribution in [0.1, 0.15) is 12.8 Å². The number of nitrogens with two attached hydrogens (primary N) is 1. The number of hydrogen-bond donors (Lipinski definition) is 2. The standard InChI is InChI=1S/C19H22N4O3/c20-17(24)13-23(19(25)26)15-9-11-22(12-10-15)18-8-4-7-16(21-18)14-5-2-1-3-6-14/h1-8,15H,9-13H2,(H2,20,24)(H,25,26). The molecule has 3 N–H and O–H groups in total. The quantitative estimate of drug-likeness (QED) is 0.857. The highest BCUT2D eigenvalue weighted by atomic mass is 16.4. The molecular formula is C19H22N4O3. The molecular weight excluding hydrogens is 332 g/mol. The van der Waals surface area contributed by atoms with Crippen LogP contribution in [0.2, 0.25) is 0 Å². The smallest absolute Gasteiger partial charge is 0.408 e. The Morgan fingerprint density at radius 3 is 2.42 bits per heavy atom. The summed E-state index contributed by atoms with van der Waals surface area (Å²) in [6.45, 7) is 1.10. The summed E-state index contributed by atoms with van der Waals surface area (Å²) in [5, 5.41) is 9.31. The highest BCUT2D eigenvalue weighted by Gasteiger charge is 2.29. The summed E-state index contributed by atoms with van der Waals surface area (Å²) in [4.78, 5) is 30.5. The third-order valence-electron chi connectivity index (χ3n) is 4.61. The Balaban J connectivity index is 1.68. The van der Waals surface area contributed by atoms with Crippen molar-refractivity contribution in [3.8, 4) is 11.3 Å². The summed E-state index contributed by atoms with van der Waals surface area (Å²) in [6.07, 6.45) is 0.166. The monoisotopic (exact) mass is 354 g/mol. The van der Waals surface area contributed by atoms with Crippen molar-refractivity contribution < 1.29 is 14.7 Å². The van der Waals surface area contributed by atoms with E-state index in [0.29, 0.717) is 25.9 Å². The van der Waals surface area contributed by atoms with Gasteiger partial charge in [-0.15, -0.1) is 0 Å². The van der Waals surface area contributed by atoms with Crippen LogP contribution in [0.5, 0.6) is 0 Å². The molecule has 7 heteroatoms. The van der Waals surface area contributed by atoms with Crippen molar-refractivity contribution in [3.63, 3.8) is 0 Å². The molecule has 1 aromatic carbocycles. The second-order valence-corrected chi connectivity index (χ2v) is 6.34. The number of carboxylic acid groups (broad SMARTS) is 1. The lowest BCUT2D eigenvalue weighted by Gasteiger charge is -2.37. The average Bonchev–Trinajstić information content (AvgIpc) is 2.67.